The molecule has 0 aliphatic rings. The summed E-state index contributed by atoms with van der Waals surface area (Å²) >= 11 is 1.47. The fraction of sp³-hybridized carbons (Fsp3) is 0.500. The van der Waals surface area contributed by atoms with Crippen molar-refractivity contribution in [3.05, 3.63) is 18.0 Å². The molecule has 26 heavy (non-hydrogen) atoms. The molecule has 0 radical (unpaired) electrons. The lowest BCUT2D eigenvalue weighted by Crippen LogP contribution is -2.50. The molecule has 8 heteroatoms. The summed E-state index contributed by atoms with van der Waals surface area (Å²) < 4.78 is 0. The van der Waals surface area contributed by atoms with Crippen LogP contribution in [0.25, 0.3) is 0 Å². The minimum Gasteiger partial charge on any atom is -0.348 e. The fourth-order valence-electron chi connectivity index (χ4n) is 2.02. The number of rotatable bonds is 9. The Kier molecular flexibility index (Phi) is 10.0. The van der Waals surface area contributed by atoms with Gasteiger partial charge in [0.25, 0.3) is 0 Å². The normalized spacial score (nSPS) is 11.2. The number of thioether (sulfide) groups is 1. The van der Waals surface area contributed by atoms with Crippen LogP contribution in [0.5, 0.6) is 0 Å². The number of carbonyl (C=O) groups excluding carboxylic acids is 3. The van der Waals surface area contributed by atoms with E-state index in [1.54, 1.807) is 12.4 Å². The quantitative estimate of drug-likeness (QED) is 0.221. The lowest BCUT2D eigenvalue weighted by molar-refractivity contribution is -0.130. The van der Waals surface area contributed by atoms with E-state index in [-0.39, 0.29) is 30.7 Å². The lowest BCUT2D eigenvalue weighted by atomic mass is 10.0. The number of aldehydes is 1. The first-order valence-electron chi connectivity index (χ1n) is 8.33. The Morgan fingerprint density at radius 2 is 2.00 bits per heavy atom. The molecule has 1 rings (SSSR count). The summed E-state index contributed by atoms with van der Waals surface area (Å²) in [6, 6.07) is -0.652. The highest BCUT2D eigenvalue weighted by Crippen LogP contribution is 2.06. The summed E-state index contributed by atoms with van der Waals surface area (Å²) in [6.07, 6.45) is 7.27. The molecule has 1 aromatic heterocycles. The number of unbranched alkanes of at least 4 members (excludes halogenated alkanes) is 1. The molecule has 7 nitrogen and oxygen atoms in total. The summed E-state index contributed by atoms with van der Waals surface area (Å²) in [5.41, 5.74) is 0.735. The molecule has 1 aromatic rings. The smallest absolute Gasteiger partial charge is 0.243 e. The molecule has 0 bridgehead atoms. The number of hydrogen-bond donors (Lipinski definition) is 2. The van der Waals surface area contributed by atoms with Crippen LogP contribution in [-0.2, 0) is 14.4 Å². The van der Waals surface area contributed by atoms with Crippen LogP contribution in [0.15, 0.2) is 17.6 Å². The van der Waals surface area contributed by atoms with Crippen molar-refractivity contribution in [2.45, 2.75) is 44.3 Å². The highest BCUT2D eigenvalue weighted by Gasteiger charge is 2.23. The predicted octanol–water partition coefficient (Wildman–Crippen LogP) is 1.18. The van der Waals surface area contributed by atoms with Crippen LogP contribution in [-0.4, -0.2) is 46.9 Å². The van der Waals surface area contributed by atoms with Gasteiger partial charge in [-0.2, -0.15) is 0 Å². The van der Waals surface area contributed by atoms with Crippen molar-refractivity contribution in [1.82, 2.24) is 20.6 Å². The molecule has 0 aliphatic carbocycles. The number of nitrogens with zero attached hydrogens (tertiary/aromatic N) is 2. The summed E-state index contributed by atoms with van der Waals surface area (Å²) in [6.45, 7) is 3.61. The van der Waals surface area contributed by atoms with Gasteiger partial charge in [-0.05, 0) is 18.6 Å². The summed E-state index contributed by atoms with van der Waals surface area (Å²) in [4.78, 5) is 42.6. The van der Waals surface area contributed by atoms with Gasteiger partial charge >= 0.3 is 0 Å². The second kappa shape index (κ2) is 12.0. The molecule has 0 aliphatic heterocycles. The van der Waals surface area contributed by atoms with Gasteiger partial charge < -0.3 is 15.4 Å². The molecule has 1 unspecified atom stereocenters. The van der Waals surface area contributed by atoms with E-state index in [1.807, 2.05) is 20.1 Å². The van der Waals surface area contributed by atoms with Crippen LogP contribution in [0.3, 0.4) is 0 Å². The first kappa shape index (κ1) is 21.6. The number of hydrogen-bond acceptors (Lipinski definition) is 6. The summed E-state index contributed by atoms with van der Waals surface area (Å²) in [5, 5.41) is 5.87. The highest BCUT2D eigenvalue weighted by atomic mass is 32.2. The van der Waals surface area contributed by atoms with Crippen molar-refractivity contribution in [2.24, 2.45) is 5.92 Å². The zero-order valence-corrected chi connectivity index (χ0v) is 16.1. The van der Waals surface area contributed by atoms with E-state index >= 15 is 0 Å². The molecule has 0 saturated heterocycles. The number of aromatic nitrogens is 2. The Morgan fingerprint density at radius 1 is 1.31 bits per heavy atom. The Morgan fingerprint density at radius 3 is 2.58 bits per heavy atom. The molecule has 140 valence electrons. The van der Waals surface area contributed by atoms with Crippen LogP contribution in [0.2, 0.25) is 0 Å². The van der Waals surface area contributed by atoms with Gasteiger partial charge in [0.2, 0.25) is 11.8 Å². The minimum absolute atomic E-state index is 0.0604. The Bertz CT molecular complexity index is 665. The SMILES string of the molecule is CSc1ncc(C#CCCCC(=O)NC(C(=O)NCC=O)C(C)C)cn1. The van der Waals surface area contributed by atoms with Gasteiger partial charge in [-0.1, -0.05) is 37.5 Å². The number of amides is 2. The van der Waals surface area contributed by atoms with Crippen molar-refractivity contribution in [3.63, 3.8) is 0 Å². The molecule has 1 heterocycles. The average molecular weight is 376 g/mol. The van der Waals surface area contributed by atoms with E-state index in [9.17, 15) is 14.4 Å². The van der Waals surface area contributed by atoms with Gasteiger partial charge in [0.15, 0.2) is 5.16 Å². The first-order valence-corrected chi connectivity index (χ1v) is 9.56. The Labute approximate surface area is 158 Å². The van der Waals surface area contributed by atoms with E-state index in [1.165, 1.54) is 11.8 Å². The van der Waals surface area contributed by atoms with E-state index in [0.29, 0.717) is 24.3 Å². The van der Waals surface area contributed by atoms with Gasteiger partial charge in [0, 0.05) is 25.2 Å². The third kappa shape index (κ3) is 8.12. The Hall–Kier alpha value is -2.40. The maximum atomic E-state index is 12.0. The van der Waals surface area contributed by atoms with Crippen LogP contribution in [0, 0.1) is 17.8 Å². The number of nitrogens with one attached hydrogen (secondary N) is 2. The first-order chi connectivity index (χ1) is 12.5. The second-order valence-corrected chi connectivity index (χ2v) is 6.59. The van der Waals surface area contributed by atoms with Crippen molar-refractivity contribution >= 4 is 29.9 Å². The largest absolute Gasteiger partial charge is 0.348 e. The molecule has 0 fully saturated rings. The maximum absolute atomic E-state index is 12.0. The minimum atomic E-state index is -0.652. The molecular weight excluding hydrogens is 352 g/mol. The van der Waals surface area contributed by atoms with Gasteiger partial charge in [-0.3, -0.25) is 9.59 Å². The molecule has 0 aromatic carbocycles. The van der Waals surface area contributed by atoms with Gasteiger partial charge in [0.05, 0.1) is 12.1 Å². The molecule has 2 amide bonds. The molecule has 0 spiro atoms. The van der Waals surface area contributed by atoms with Crippen molar-refractivity contribution < 1.29 is 14.4 Å². The third-order valence-corrected chi connectivity index (χ3v) is 3.95. The van der Waals surface area contributed by atoms with Crippen LogP contribution in [0.1, 0.15) is 38.7 Å². The number of carbonyl (C=O) groups is 3. The molecular formula is C18H24N4O3S. The zero-order chi connectivity index (χ0) is 19.4. The summed E-state index contributed by atoms with van der Waals surface area (Å²) in [7, 11) is 0. The van der Waals surface area contributed by atoms with Crippen molar-refractivity contribution in [1.29, 1.82) is 0 Å². The average Bonchev–Trinajstić information content (AvgIpc) is 2.64. The van der Waals surface area contributed by atoms with Crippen LogP contribution in [0.4, 0.5) is 0 Å². The standard InChI is InChI=1S/C18H24N4O3S/c1-13(2)16(17(25)19-9-10-23)22-15(24)8-6-4-5-7-14-11-20-18(26-3)21-12-14/h10-13,16H,4,6,8-9H2,1-3H3,(H,19,25)(H,22,24). The van der Waals surface area contributed by atoms with Crippen LogP contribution >= 0.6 is 11.8 Å². The Balaban J connectivity index is 2.39. The van der Waals surface area contributed by atoms with E-state index in [2.05, 4.69) is 32.4 Å². The van der Waals surface area contributed by atoms with Gasteiger partial charge in [-0.25, -0.2) is 9.97 Å². The molecule has 1 atom stereocenters. The van der Waals surface area contributed by atoms with E-state index in [0.717, 1.165) is 5.56 Å². The van der Waals surface area contributed by atoms with Crippen molar-refractivity contribution in [2.75, 3.05) is 12.8 Å². The molecule has 0 saturated carbocycles. The topological polar surface area (TPSA) is 101 Å². The summed E-state index contributed by atoms with van der Waals surface area (Å²) in [5.74, 6) is 5.31. The molecule has 2 N–H and O–H groups in total. The van der Waals surface area contributed by atoms with Crippen LogP contribution < -0.4 is 10.6 Å². The zero-order valence-electron chi connectivity index (χ0n) is 15.2. The monoisotopic (exact) mass is 376 g/mol. The predicted molar refractivity (Wildman–Crippen MR) is 100 cm³/mol. The van der Waals surface area contributed by atoms with E-state index < -0.39 is 6.04 Å². The van der Waals surface area contributed by atoms with E-state index in [4.69, 9.17) is 0 Å². The fourth-order valence-corrected chi connectivity index (χ4v) is 2.34. The van der Waals surface area contributed by atoms with Gasteiger partial charge in [0.1, 0.15) is 12.3 Å². The highest BCUT2D eigenvalue weighted by molar-refractivity contribution is 7.98. The third-order valence-electron chi connectivity index (χ3n) is 3.37. The lowest BCUT2D eigenvalue weighted by Gasteiger charge is -2.21. The van der Waals surface area contributed by atoms with Crippen molar-refractivity contribution in [3.8, 4) is 11.8 Å². The maximum Gasteiger partial charge on any atom is 0.243 e. The second-order valence-electron chi connectivity index (χ2n) is 5.81. The van der Waals surface area contributed by atoms with Gasteiger partial charge in [-0.15, -0.1) is 0 Å².